The van der Waals surface area contributed by atoms with Gasteiger partial charge >= 0.3 is 0 Å². The van der Waals surface area contributed by atoms with E-state index >= 15 is 0 Å². The van der Waals surface area contributed by atoms with Gasteiger partial charge in [0.25, 0.3) is 0 Å². The second-order valence-corrected chi connectivity index (χ2v) is 8.05. The molecule has 1 amide bonds. The summed E-state index contributed by atoms with van der Waals surface area (Å²) in [6.07, 6.45) is 10.7. The number of carbonyl (C=O) groups is 1. The van der Waals surface area contributed by atoms with Gasteiger partial charge in [0, 0.05) is 18.9 Å². The van der Waals surface area contributed by atoms with Gasteiger partial charge in [0.1, 0.15) is 11.4 Å². The number of hydrogen-bond acceptors (Lipinski definition) is 3. The minimum atomic E-state index is -0.224. The van der Waals surface area contributed by atoms with Crippen molar-refractivity contribution in [2.75, 3.05) is 20.2 Å². The Morgan fingerprint density at radius 1 is 1.15 bits per heavy atom. The van der Waals surface area contributed by atoms with Crippen LogP contribution in [0.2, 0.25) is 0 Å². The number of nitrogens with zero attached hydrogens (tertiary/aromatic N) is 1. The third-order valence-electron chi connectivity index (χ3n) is 6.23. The Hall–Kier alpha value is -1.97. The van der Waals surface area contributed by atoms with E-state index in [-0.39, 0.29) is 11.5 Å². The van der Waals surface area contributed by atoms with Crippen molar-refractivity contribution >= 4 is 11.5 Å². The zero-order valence-electron chi connectivity index (χ0n) is 15.7. The number of benzene rings is 1. The molecule has 4 heteroatoms. The predicted octanol–water partition coefficient (Wildman–Crippen LogP) is 4.40. The molecule has 1 aromatic carbocycles. The third kappa shape index (κ3) is 3.46. The molecule has 1 atom stereocenters. The summed E-state index contributed by atoms with van der Waals surface area (Å²) in [4.78, 5) is 15.0. The summed E-state index contributed by atoms with van der Waals surface area (Å²) >= 11 is 0. The van der Waals surface area contributed by atoms with Crippen molar-refractivity contribution < 1.29 is 14.3 Å². The van der Waals surface area contributed by atoms with Crippen LogP contribution in [0.3, 0.4) is 0 Å². The van der Waals surface area contributed by atoms with E-state index in [1.54, 1.807) is 7.11 Å². The molecular weight excluding hydrogens is 326 g/mol. The van der Waals surface area contributed by atoms with Gasteiger partial charge < -0.3 is 14.4 Å². The highest BCUT2D eigenvalue weighted by molar-refractivity contribution is 5.79. The van der Waals surface area contributed by atoms with Crippen molar-refractivity contribution in [3.8, 4) is 5.75 Å². The average molecular weight is 355 g/mol. The highest BCUT2D eigenvalue weighted by atomic mass is 16.5. The van der Waals surface area contributed by atoms with Crippen LogP contribution >= 0.6 is 0 Å². The van der Waals surface area contributed by atoms with Crippen molar-refractivity contribution in [2.24, 2.45) is 5.92 Å². The molecular formula is C22H29NO3. The maximum absolute atomic E-state index is 13.0. The average Bonchev–Trinajstić information content (AvgIpc) is 3.11. The smallest absolute Gasteiger partial charge is 0.225 e. The number of hydrogen-bond donors (Lipinski definition) is 0. The first-order chi connectivity index (χ1) is 12.7. The monoisotopic (exact) mass is 355 g/mol. The van der Waals surface area contributed by atoms with E-state index in [1.165, 1.54) is 30.4 Å². The Kier molecular flexibility index (Phi) is 4.92. The fourth-order valence-corrected chi connectivity index (χ4v) is 4.74. The number of rotatable bonds is 3. The minimum absolute atomic E-state index is 0.224. The molecule has 0 aromatic heterocycles. The van der Waals surface area contributed by atoms with Crippen molar-refractivity contribution in [2.45, 2.75) is 57.0 Å². The quantitative estimate of drug-likeness (QED) is 0.807. The van der Waals surface area contributed by atoms with Crippen LogP contribution in [-0.4, -0.2) is 36.6 Å². The molecule has 1 saturated carbocycles. The minimum Gasteiger partial charge on any atom is -0.497 e. The van der Waals surface area contributed by atoms with E-state index in [0.29, 0.717) is 5.91 Å². The van der Waals surface area contributed by atoms with Gasteiger partial charge in [0.05, 0.1) is 19.9 Å². The van der Waals surface area contributed by atoms with Crippen LogP contribution < -0.4 is 4.74 Å². The molecule has 2 heterocycles. The third-order valence-corrected chi connectivity index (χ3v) is 6.23. The molecule has 1 aromatic rings. The summed E-state index contributed by atoms with van der Waals surface area (Å²) in [7, 11) is 1.68. The van der Waals surface area contributed by atoms with Crippen LogP contribution in [0.25, 0.3) is 5.57 Å². The molecule has 26 heavy (non-hydrogen) atoms. The number of likely N-dealkylation sites (tertiary alicyclic amines) is 1. The van der Waals surface area contributed by atoms with E-state index in [1.807, 2.05) is 18.4 Å². The predicted molar refractivity (Wildman–Crippen MR) is 102 cm³/mol. The first kappa shape index (κ1) is 17.4. The fraction of sp³-hybridized carbons (Fsp3) is 0.591. The van der Waals surface area contributed by atoms with Gasteiger partial charge in [-0.2, -0.15) is 0 Å². The van der Waals surface area contributed by atoms with Crippen molar-refractivity contribution in [1.82, 2.24) is 4.90 Å². The molecule has 2 fully saturated rings. The van der Waals surface area contributed by atoms with Crippen molar-refractivity contribution in [3.63, 3.8) is 0 Å². The summed E-state index contributed by atoms with van der Waals surface area (Å²) in [6.45, 7) is 1.62. The van der Waals surface area contributed by atoms with Crippen LogP contribution in [0, 0.1) is 5.92 Å². The maximum atomic E-state index is 13.0. The zero-order chi connectivity index (χ0) is 18.0. The van der Waals surface area contributed by atoms with Gasteiger partial charge in [-0.05, 0) is 49.0 Å². The maximum Gasteiger partial charge on any atom is 0.225 e. The Morgan fingerprint density at radius 2 is 1.92 bits per heavy atom. The van der Waals surface area contributed by atoms with E-state index in [0.717, 1.165) is 50.9 Å². The van der Waals surface area contributed by atoms with Gasteiger partial charge in [0.2, 0.25) is 5.91 Å². The molecule has 4 rings (SSSR count). The molecule has 0 N–H and O–H groups in total. The van der Waals surface area contributed by atoms with E-state index < -0.39 is 0 Å². The summed E-state index contributed by atoms with van der Waals surface area (Å²) < 4.78 is 11.4. The molecule has 2 aliphatic heterocycles. The van der Waals surface area contributed by atoms with Crippen molar-refractivity contribution in [3.05, 3.63) is 36.1 Å². The Labute approximate surface area is 156 Å². The van der Waals surface area contributed by atoms with Gasteiger partial charge in [-0.1, -0.05) is 31.4 Å². The molecule has 0 radical (unpaired) electrons. The van der Waals surface area contributed by atoms with E-state index in [2.05, 4.69) is 17.0 Å². The summed E-state index contributed by atoms with van der Waals surface area (Å²) in [5, 5.41) is 0. The lowest BCUT2D eigenvalue weighted by Crippen LogP contribution is -2.51. The molecule has 1 unspecified atom stereocenters. The van der Waals surface area contributed by atoms with Crippen molar-refractivity contribution in [1.29, 1.82) is 0 Å². The van der Waals surface area contributed by atoms with Crippen LogP contribution in [0.15, 0.2) is 30.5 Å². The zero-order valence-corrected chi connectivity index (χ0v) is 15.7. The van der Waals surface area contributed by atoms with Gasteiger partial charge in [-0.15, -0.1) is 0 Å². The molecule has 140 valence electrons. The second-order valence-electron chi connectivity index (χ2n) is 8.05. The Bertz CT molecular complexity index is 675. The summed E-state index contributed by atoms with van der Waals surface area (Å²) in [5.74, 6) is 1.48. The lowest BCUT2D eigenvalue weighted by molar-refractivity contribution is -0.143. The molecule has 0 bridgehead atoms. The molecule has 4 nitrogen and oxygen atoms in total. The van der Waals surface area contributed by atoms with Crippen LogP contribution in [-0.2, 0) is 9.53 Å². The normalized spacial score (nSPS) is 26.5. The second kappa shape index (κ2) is 7.34. The first-order valence-electron chi connectivity index (χ1n) is 9.99. The Morgan fingerprint density at radius 3 is 2.65 bits per heavy atom. The molecule has 3 aliphatic rings. The number of ether oxygens (including phenoxy) is 2. The topological polar surface area (TPSA) is 38.8 Å². The lowest BCUT2D eigenvalue weighted by Gasteiger charge is -2.41. The van der Waals surface area contributed by atoms with Crippen LogP contribution in [0.4, 0.5) is 0 Å². The molecule has 1 saturated heterocycles. The standard InChI is InChI=1S/C22H29NO3/c1-25-20-10-8-17(9-11-20)19-14-22(26-15-19)12-5-13-23(16-22)21(24)18-6-3-2-4-7-18/h8-11,15,18H,2-7,12-14,16H2,1H3. The number of amides is 1. The molecule has 1 aliphatic carbocycles. The summed E-state index contributed by atoms with van der Waals surface area (Å²) in [5.41, 5.74) is 2.18. The lowest BCUT2D eigenvalue weighted by atomic mass is 9.84. The molecule has 1 spiro atoms. The van der Waals surface area contributed by atoms with Crippen LogP contribution in [0.1, 0.15) is 56.9 Å². The SMILES string of the molecule is COc1ccc(C2=COC3(CCCN(C(=O)C4CCCCC4)C3)C2)cc1. The highest BCUT2D eigenvalue weighted by Crippen LogP contribution is 2.41. The number of methoxy groups -OCH3 is 1. The Balaban J connectivity index is 1.42. The van der Waals surface area contributed by atoms with Gasteiger partial charge in [-0.3, -0.25) is 4.79 Å². The van der Waals surface area contributed by atoms with E-state index in [4.69, 9.17) is 9.47 Å². The fourth-order valence-electron chi connectivity index (χ4n) is 4.74. The van der Waals surface area contributed by atoms with E-state index in [9.17, 15) is 4.79 Å². The van der Waals surface area contributed by atoms with Gasteiger partial charge in [-0.25, -0.2) is 0 Å². The largest absolute Gasteiger partial charge is 0.497 e. The highest BCUT2D eigenvalue weighted by Gasteiger charge is 2.43. The van der Waals surface area contributed by atoms with Gasteiger partial charge in [0.15, 0.2) is 0 Å². The number of carbonyl (C=O) groups excluding carboxylic acids is 1. The van der Waals surface area contributed by atoms with Crippen LogP contribution in [0.5, 0.6) is 5.75 Å². The number of piperidine rings is 1. The first-order valence-corrected chi connectivity index (χ1v) is 9.99. The summed E-state index contributed by atoms with van der Waals surface area (Å²) in [6, 6.07) is 8.14.